The summed E-state index contributed by atoms with van der Waals surface area (Å²) >= 11 is 0. The molecule has 4 heteroatoms. The third kappa shape index (κ3) is 3.19. The van der Waals surface area contributed by atoms with E-state index in [0.29, 0.717) is 23.7 Å². The molecular formula is C17H18N2O2. The first-order valence-electron chi connectivity index (χ1n) is 7.05. The third-order valence-electron chi connectivity index (χ3n) is 3.22. The van der Waals surface area contributed by atoms with Gasteiger partial charge in [-0.15, -0.1) is 0 Å². The van der Waals surface area contributed by atoms with E-state index in [-0.39, 0.29) is 5.97 Å². The lowest BCUT2D eigenvalue weighted by Gasteiger charge is -2.11. The van der Waals surface area contributed by atoms with E-state index in [1.807, 2.05) is 0 Å². The number of ether oxygens (including phenoxy) is 1. The maximum absolute atomic E-state index is 11.9. The van der Waals surface area contributed by atoms with E-state index in [1.54, 1.807) is 31.3 Å². The lowest BCUT2D eigenvalue weighted by atomic mass is 9.95. The molecule has 0 saturated carbocycles. The fourth-order valence-corrected chi connectivity index (χ4v) is 2.31. The Labute approximate surface area is 124 Å². The van der Waals surface area contributed by atoms with Crippen molar-refractivity contribution in [2.75, 3.05) is 6.61 Å². The van der Waals surface area contributed by atoms with Crippen LogP contribution < -0.4 is 0 Å². The van der Waals surface area contributed by atoms with Crippen molar-refractivity contribution in [3.8, 4) is 6.07 Å². The number of hydrogen-bond donors (Lipinski definition) is 0. The Kier molecular flexibility index (Phi) is 4.54. The minimum Gasteiger partial charge on any atom is -0.462 e. The molecule has 1 aromatic carbocycles. The molecule has 0 unspecified atom stereocenters. The third-order valence-corrected chi connectivity index (χ3v) is 3.22. The van der Waals surface area contributed by atoms with Crippen LogP contribution in [-0.2, 0) is 11.2 Å². The number of carbonyl (C=O) groups is 1. The average Bonchev–Trinajstić information content (AvgIpc) is 2.47. The van der Waals surface area contributed by atoms with Gasteiger partial charge in [-0.1, -0.05) is 13.8 Å². The first-order chi connectivity index (χ1) is 10.1. The van der Waals surface area contributed by atoms with Crippen LogP contribution in [0.3, 0.4) is 0 Å². The number of aromatic nitrogens is 1. The van der Waals surface area contributed by atoms with Crippen molar-refractivity contribution in [1.29, 1.82) is 5.26 Å². The van der Waals surface area contributed by atoms with Crippen LogP contribution in [0.1, 0.15) is 42.3 Å². The number of hydrogen-bond acceptors (Lipinski definition) is 4. The second-order valence-corrected chi connectivity index (χ2v) is 5.31. The van der Waals surface area contributed by atoms with Gasteiger partial charge in [0.2, 0.25) is 0 Å². The van der Waals surface area contributed by atoms with Crippen molar-refractivity contribution >= 4 is 16.9 Å². The highest BCUT2D eigenvalue weighted by Crippen LogP contribution is 2.24. The topological polar surface area (TPSA) is 63.0 Å². The number of benzene rings is 1. The van der Waals surface area contributed by atoms with Gasteiger partial charge in [0.05, 0.1) is 23.3 Å². The summed E-state index contributed by atoms with van der Waals surface area (Å²) in [5.41, 5.74) is 2.80. The summed E-state index contributed by atoms with van der Waals surface area (Å²) in [6.45, 7) is 6.32. The molecule has 0 aliphatic carbocycles. The molecule has 1 heterocycles. The van der Waals surface area contributed by atoms with Crippen LogP contribution in [-0.4, -0.2) is 17.6 Å². The number of carbonyl (C=O) groups excluding carboxylic acids is 1. The van der Waals surface area contributed by atoms with Crippen LogP contribution in [0, 0.1) is 17.2 Å². The molecule has 0 aliphatic heterocycles. The predicted octanol–water partition coefficient (Wildman–Crippen LogP) is 3.48. The molecule has 0 radical (unpaired) electrons. The Morgan fingerprint density at radius 2 is 2.19 bits per heavy atom. The maximum atomic E-state index is 11.9. The number of nitriles is 1. The van der Waals surface area contributed by atoms with Crippen LogP contribution in [0.4, 0.5) is 0 Å². The van der Waals surface area contributed by atoms with Crippen molar-refractivity contribution in [2.24, 2.45) is 5.92 Å². The first kappa shape index (κ1) is 15.0. The molecule has 2 aromatic rings. The normalized spacial score (nSPS) is 10.6. The molecule has 0 aliphatic rings. The molecular weight excluding hydrogens is 264 g/mol. The molecule has 21 heavy (non-hydrogen) atoms. The van der Waals surface area contributed by atoms with Crippen LogP contribution in [0.25, 0.3) is 10.9 Å². The Bertz CT molecular complexity index is 715. The van der Waals surface area contributed by atoms with Gasteiger partial charge in [-0.05, 0) is 43.0 Å². The SMILES string of the molecule is CCOC(=O)c1ccc2ncc(C#N)c(CC(C)C)c2c1. The van der Waals surface area contributed by atoms with Gasteiger partial charge in [-0.3, -0.25) is 4.98 Å². The summed E-state index contributed by atoms with van der Waals surface area (Å²) in [6, 6.07) is 7.47. The van der Waals surface area contributed by atoms with E-state index >= 15 is 0 Å². The molecule has 0 saturated heterocycles. The molecule has 1 aromatic heterocycles. The molecule has 0 atom stereocenters. The summed E-state index contributed by atoms with van der Waals surface area (Å²) in [4.78, 5) is 16.2. The van der Waals surface area contributed by atoms with E-state index in [0.717, 1.165) is 22.9 Å². The van der Waals surface area contributed by atoms with E-state index in [9.17, 15) is 10.1 Å². The summed E-state index contributed by atoms with van der Waals surface area (Å²) in [6.07, 6.45) is 2.37. The van der Waals surface area contributed by atoms with Gasteiger partial charge in [-0.2, -0.15) is 5.26 Å². The number of fused-ring (bicyclic) bond motifs is 1. The molecule has 0 bridgehead atoms. The number of esters is 1. The number of pyridine rings is 1. The zero-order chi connectivity index (χ0) is 15.4. The Balaban J connectivity index is 2.62. The monoisotopic (exact) mass is 282 g/mol. The molecule has 0 amide bonds. The number of rotatable bonds is 4. The van der Waals surface area contributed by atoms with Crippen LogP contribution >= 0.6 is 0 Å². The van der Waals surface area contributed by atoms with Crippen molar-refractivity contribution in [3.05, 3.63) is 41.1 Å². The van der Waals surface area contributed by atoms with Gasteiger partial charge in [0.25, 0.3) is 0 Å². The molecule has 2 rings (SSSR count). The van der Waals surface area contributed by atoms with Gasteiger partial charge >= 0.3 is 5.97 Å². The van der Waals surface area contributed by atoms with Crippen LogP contribution in [0.15, 0.2) is 24.4 Å². The number of nitrogens with zero attached hydrogens (tertiary/aromatic N) is 2. The maximum Gasteiger partial charge on any atom is 0.338 e. The summed E-state index contributed by atoms with van der Waals surface area (Å²) in [5.74, 6) is 0.0613. The van der Waals surface area contributed by atoms with Gasteiger partial charge in [0, 0.05) is 11.6 Å². The zero-order valence-electron chi connectivity index (χ0n) is 12.5. The lowest BCUT2D eigenvalue weighted by molar-refractivity contribution is 0.0526. The Hall–Kier alpha value is -2.41. The predicted molar refractivity (Wildman–Crippen MR) is 81.0 cm³/mol. The fraction of sp³-hybridized carbons (Fsp3) is 0.353. The molecule has 4 nitrogen and oxygen atoms in total. The van der Waals surface area contributed by atoms with Gasteiger partial charge in [-0.25, -0.2) is 4.79 Å². The zero-order valence-corrected chi connectivity index (χ0v) is 12.5. The van der Waals surface area contributed by atoms with Crippen LogP contribution in [0.2, 0.25) is 0 Å². The van der Waals surface area contributed by atoms with Gasteiger partial charge < -0.3 is 4.74 Å². The summed E-state index contributed by atoms with van der Waals surface area (Å²) in [7, 11) is 0. The Morgan fingerprint density at radius 1 is 1.43 bits per heavy atom. The standard InChI is InChI=1S/C17H18N2O2/c1-4-21-17(20)12-5-6-16-15(8-12)14(7-11(2)3)13(9-18)10-19-16/h5-6,8,10-11H,4,7H2,1-3H3. The molecule has 0 N–H and O–H groups in total. The van der Waals surface area contributed by atoms with Crippen molar-refractivity contribution in [3.63, 3.8) is 0 Å². The first-order valence-corrected chi connectivity index (χ1v) is 7.05. The van der Waals surface area contributed by atoms with Crippen molar-refractivity contribution in [1.82, 2.24) is 4.98 Å². The molecule has 0 fully saturated rings. The van der Waals surface area contributed by atoms with Crippen LogP contribution in [0.5, 0.6) is 0 Å². The second-order valence-electron chi connectivity index (χ2n) is 5.31. The van der Waals surface area contributed by atoms with E-state index in [2.05, 4.69) is 24.9 Å². The van der Waals surface area contributed by atoms with E-state index in [4.69, 9.17) is 4.74 Å². The van der Waals surface area contributed by atoms with Gasteiger partial charge in [0.15, 0.2) is 0 Å². The van der Waals surface area contributed by atoms with Gasteiger partial charge in [0.1, 0.15) is 6.07 Å². The second kappa shape index (κ2) is 6.36. The smallest absolute Gasteiger partial charge is 0.338 e. The minimum absolute atomic E-state index is 0.339. The largest absolute Gasteiger partial charge is 0.462 e. The van der Waals surface area contributed by atoms with Crippen molar-refractivity contribution < 1.29 is 9.53 Å². The quantitative estimate of drug-likeness (QED) is 0.805. The Morgan fingerprint density at radius 3 is 2.81 bits per heavy atom. The highest BCUT2D eigenvalue weighted by molar-refractivity contribution is 5.95. The van der Waals surface area contributed by atoms with Crippen molar-refractivity contribution in [2.45, 2.75) is 27.2 Å². The molecule has 0 spiro atoms. The van der Waals surface area contributed by atoms with E-state index < -0.39 is 0 Å². The highest BCUT2D eigenvalue weighted by atomic mass is 16.5. The average molecular weight is 282 g/mol. The summed E-state index contributed by atoms with van der Waals surface area (Å²) in [5, 5.41) is 10.1. The minimum atomic E-state index is -0.350. The highest BCUT2D eigenvalue weighted by Gasteiger charge is 2.13. The molecule has 108 valence electrons. The van der Waals surface area contributed by atoms with E-state index in [1.165, 1.54) is 0 Å². The summed E-state index contributed by atoms with van der Waals surface area (Å²) < 4.78 is 5.03. The fourth-order valence-electron chi connectivity index (χ4n) is 2.31. The lowest BCUT2D eigenvalue weighted by Crippen LogP contribution is -2.06.